The molecule has 0 radical (unpaired) electrons. The Morgan fingerprint density at radius 1 is 1.23 bits per heavy atom. The Kier molecular flexibility index (Phi) is 7.43. The van der Waals surface area contributed by atoms with Gasteiger partial charge in [-0.3, -0.25) is 14.5 Å². The number of ether oxygens (including phenoxy) is 1. The number of benzene rings is 2. The van der Waals surface area contributed by atoms with Crippen LogP contribution in [0.5, 0.6) is 5.75 Å². The fourth-order valence-corrected chi connectivity index (χ4v) is 4.15. The van der Waals surface area contributed by atoms with Crippen LogP contribution < -0.4 is 10.1 Å². The number of nitrogens with one attached hydrogen (secondary N) is 1. The third-order valence-corrected chi connectivity index (χ3v) is 5.94. The molecular formula is C22H20N2O5S2. The highest BCUT2D eigenvalue weighted by Crippen LogP contribution is 2.31. The molecule has 1 aliphatic rings. The molecule has 0 aromatic heterocycles. The van der Waals surface area contributed by atoms with Gasteiger partial charge in [-0.05, 0) is 42.3 Å². The van der Waals surface area contributed by atoms with E-state index in [2.05, 4.69) is 5.32 Å². The van der Waals surface area contributed by atoms with E-state index in [1.165, 1.54) is 28.8 Å². The molecule has 1 saturated heterocycles. The molecule has 7 nitrogen and oxygen atoms in total. The van der Waals surface area contributed by atoms with Crippen molar-refractivity contribution in [2.45, 2.75) is 12.8 Å². The Labute approximate surface area is 189 Å². The number of hydrogen-bond donors (Lipinski definition) is 2. The average molecular weight is 457 g/mol. The van der Waals surface area contributed by atoms with E-state index >= 15 is 0 Å². The largest absolute Gasteiger partial charge is 0.497 e. The Balaban J connectivity index is 1.55. The van der Waals surface area contributed by atoms with Gasteiger partial charge in [0.15, 0.2) is 0 Å². The lowest BCUT2D eigenvalue weighted by Crippen LogP contribution is -2.31. The van der Waals surface area contributed by atoms with Gasteiger partial charge >= 0.3 is 5.97 Å². The fourth-order valence-electron chi connectivity index (χ4n) is 2.87. The van der Waals surface area contributed by atoms with Gasteiger partial charge in [-0.2, -0.15) is 0 Å². The Bertz CT molecular complexity index is 1050. The van der Waals surface area contributed by atoms with Crippen LogP contribution in [-0.4, -0.2) is 45.8 Å². The van der Waals surface area contributed by atoms with Crippen molar-refractivity contribution in [2.75, 3.05) is 19.0 Å². The Morgan fingerprint density at radius 2 is 1.97 bits per heavy atom. The van der Waals surface area contributed by atoms with E-state index in [0.29, 0.717) is 21.3 Å². The molecule has 1 heterocycles. The number of carboxylic acid groups (broad SMARTS) is 1. The summed E-state index contributed by atoms with van der Waals surface area (Å²) in [5.41, 5.74) is 1.50. The molecule has 2 aromatic rings. The minimum atomic E-state index is -1.07. The van der Waals surface area contributed by atoms with Crippen LogP contribution >= 0.6 is 24.0 Å². The molecule has 2 amide bonds. The summed E-state index contributed by atoms with van der Waals surface area (Å²) >= 11 is 6.52. The SMILES string of the molecule is COc1ccc(C/C=C2\SC(=S)N(CCC(=O)Nc3cccc(C(=O)O)c3)C2=O)cc1. The van der Waals surface area contributed by atoms with Gasteiger partial charge < -0.3 is 15.2 Å². The highest BCUT2D eigenvalue weighted by molar-refractivity contribution is 8.26. The molecule has 31 heavy (non-hydrogen) atoms. The first-order valence-corrected chi connectivity index (χ1v) is 10.6. The highest BCUT2D eigenvalue weighted by Gasteiger charge is 2.31. The molecule has 0 unspecified atom stereocenters. The normalized spacial score (nSPS) is 14.7. The summed E-state index contributed by atoms with van der Waals surface area (Å²) in [6.07, 6.45) is 2.45. The fraction of sp³-hybridized carbons (Fsp3) is 0.182. The van der Waals surface area contributed by atoms with E-state index in [-0.39, 0.29) is 30.3 Å². The first kappa shape index (κ1) is 22.5. The summed E-state index contributed by atoms with van der Waals surface area (Å²) in [6.45, 7) is 0.148. The third kappa shape index (κ3) is 5.93. The molecule has 1 aliphatic heterocycles. The van der Waals surface area contributed by atoms with Crippen LogP contribution in [0.25, 0.3) is 0 Å². The first-order chi connectivity index (χ1) is 14.9. The second-order valence-electron chi connectivity index (χ2n) is 6.63. The Hall–Kier alpha value is -3.17. The topological polar surface area (TPSA) is 95.9 Å². The number of thioether (sulfide) groups is 1. The van der Waals surface area contributed by atoms with E-state index < -0.39 is 5.97 Å². The van der Waals surface area contributed by atoms with Crippen LogP contribution in [0.1, 0.15) is 22.3 Å². The number of carboxylic acids is 1. The average Bonchev–Trinajstić information content (AvgIpc) is 3.03. The molecule has 0 bridgehead atoms. The van der Waals surface area contributed by atoms with Crippen molar-refractivity contribution in [3.8, 4) is 5.75 Å². The number of thiocarbonyl (C=S) groups is 1. The van der Waals surface area contributed by atoms with Crippen molar-refractivity contribution in [1.29, 1.82) is 0 Å². The van der Waals surface area contributed by atoms with Crippen LogP contribution in [0.4, 0.5) is 5.69 Å². The quantitative estimate of drug-likeness (QED) is 0.462. The van der Waals surface area contributed by atoms with Crippen LogP contribution in [0.15, 0.2) is 59.5 Å². The van der Waals surface area contributed by atoms with Crippen LogP contribution in [-0.2, 0) is 16.0 Å². The number of rotatable bonds is 8. The van der Waals surface area contributed by atoms with Gasteiger partial charge in [0, 0.05) is 18.7 Å². The molecule has 9 heteroatoms. The second kappa shape index (κ2) is 10.2. The number of hydrogen-bond acceptors (Lipinski definition) is 6. The number of allylic oxidation sites excluding steroid dienone is 1. The zero-order chi connectivity index (χ0) is 22.4. The summed E-state index contributed by atoms with van der Waals surface area (Å²) in [4.78, 5) is 37.9. The molecule has 160 valence electrons. The van der Waals surface area contributed by atoms with E-state index in [0.717, 1.165) is 11.3 Å². The van der Waals surface area contributed by atoms with E-state index in [1.807, 2.05) is 30.3 Å². The maximum atomic E-state index is 12.7. The molecule has 0 spiro atoms. The number of carbonyl (C=O) groups is 3. The van der Waals surface area contributed by atoms with Crippen LogP contribution in [0.2, 0.25) is 0 Å². The number of methoxy groups -OCH3 is 1. The Morgan fingerprint density at radius 3 is 2.65 bits per heavy atom. The number of nitrogens with zero attached hydrogens (tertiary/aromatic N) is 1. The summed E-state index contributed by atoms with van der Waals surface area (Å²) in [7, 11) is 1.60. The van der Waals surface area contributed by atoms with Crippen molar-refractivity contribution in [3.05, 3.63) is 70.6 Å². The molecule has 2 N–H and O–H groups in total. The van der Waals surface area contributed by atoms with Gasteiger partial charge in [-0.1, -0.05) is 48.3 Å². The van der Waals surface area contributed by atoms with Gasteiger partial charge in [0.2, 0.25) is 5.91 Å². The van der Waals surface area contributed by atoms with E-state index in [1.54, 1.807) is 19.2 Å². The third-order valence-electron chi connectivity index (χ3n) is 4.51. The zero-order valence-electron chi connectivity index (χ0n) is 16.7. The molecule has 0 atom stereocenters. The second-order valence-corrected chi connectivity index (χ2v) is 8.31. The van der Waals surface area contributed by atoms with Crippen molar-refractivity contribution >= 4 is 51.8 Å². The minimum Gasteiger partial charge on any atom is -0.497 e. The van der Waals surface area contributed by atoms with Gasteiger partial charge in [0.05, 0.1) is 17.6 Å². The molecule has 3 rings (SSSR count). The smallest absolute Gasteiger partial charge is 0.335 e. The van der Waals surface area contributed by atoms with Crippen molar-refractivity contribution in [3.63, 3.8) is 0 Å². The lowest BCUT2D eigenvalue weighted by Gasteiger charge is -2.14. The maximum absolute atomic E-state index is 12.7. The lowest BCUT2D eigenvalue weighted by atomic mass is 10.1. The van der Waals surface area contributed by atoms with Gasteiger partial charge in [0.1, 0.15) is 10.1 Å². The van der Waals surface area contributed by atoms with Gasteiger partial charge in [-0.15, -0.1) is 0 Å². The monoisotopic (exact) mass is 456 g/mol. The number of carbonyl (C=O) groups excluding carboxylic acids is 2. The lowest BCUT2D eigenvalue weighted by molar-refractivity contribution is -0.122. The van der Waals surface area contributed by atoms with E-state index in [9.17, 15) is 14.4 Å². The molecular weight excluding hydrogens is 436 g/mol. The van der Waals surface area contributed by atoms with Gasteiger partial charge in [0.25, 0.3) is 5.91 Å². The number of aromatic carboxylic acids is 1. The predicted molar refractivity (Wildman–Crippen MR) is 123 cm³/mol. The molecule has 0 saturated carbocycles. The van der Waals surface area contributed by atoms with Crippen molar-refractivity contribution in [1.82, 2.24) is 4.90 Å². The number of anilines is 1. The standard InChI is InChI=1S/C22H20N2O5S2/c1-29-17-8-5-14(6-9-17)7-10-18-20(26)24(22(30)31-18)12-11-19(25)23-16-4-2-3-15(13-16)21(27)28/h2-6,8-10,13H,7,11-12H2,1H3,(H,23,25)(H,27,28)/b18-10-. The van der Waals surface area contributed by atoms with Crippen molar-refractivity contribution < 1.29 is 24.2 Å². The van der Waals surface area contributed by atoms with Gasteiger partial charge in [-0.25, -0.2) is 4.79 Å². The van der Waals surface area contributed by atoms with Crippen LogP contribution in [0.3, 0.4) is 0 Å². The predicted octanol–water partition coefficient (Wildman–Crippen LogP) is 3.71. The summed E-state index contributed by atoms with van der Waals surface area (Å²) in [5, 5.41) is 11.7. The summed E-state index contributed by atoms with van der Waals surface area (Å²) < 4.78 is 5.54. The number of amides is 2. The first-order valence-electron chi connectivity index (χ1n) is 9.37. The van der Waals surface area contributed by atoms with E-state index in [4.69, 9.17) is 22.1 Å². The van der Waals surface area contributed by atoms with Crippen molar-refractivity contribution in [2.24, 2.45) is 0 Å². The van der Waals surface area contributed by atoms with Crippen LogP contribution in [0, 0.1) is 0 Å². The molecule has 2 aromatic carbocycles. The summed E-state index contributed by atoms with van der Waals surface area (Å²) in [6, 6.07) is 13.6. The minimum absolute atomic E-state index is 0.0372. The summed E-state index contributed by atoms with van der Waals surface area (Å²) in [5.74, 6) is -0.860. The maximum Gasteiger partial charge on any atom is 0.335 e. The molecule has 0 aliphatic carbocycles. The molecule has 1 fully saturated rings. The highest BCUT2D eigenvalue weighted by atomic mass is 32.2. The zero-order valence-corrected chi connectivity index (χ0v) is 18.3.